The molecule has 3 aromatic rings. The van der Waals surface area contributed by atoms with Gasteiger partial charge in [-0.15, -0.1) is 5.10 Å². The third-order valence-corrected chi connectivity index (χ3v) is 2.93. The highest BCUT2D eigenvalue weighted by atomic mass is 32.2. The van der Waals surface area contributed by atoms with Gasteiger partial charge in [0.2, 0.25) is 16.3 Å². The highest BCUT2D eigenvalue weighted by molar-refractivity contribution is 7.99. The molecule has 102 valence electrons. The van der Waals surface area contributed by atoms with E-state index in [2.05, 4.69) is 40.7 Å². The summed E-state index contributed by atoms with van der Waals surface area (Å²) in [7, 11) is 0. The van der Waals surface area contributed by atoms with Crippen LogP contribution < -0.4 is 11.3 Å². The molecule has 3 rings (SSSR count). The molecule has 0 aliphatic rings. The molecule has 3 aromatic heterocycles. The Morgan fingerprint density at radius 3 is 2.80 bits per heavy atom. The fraction of sp³-hybridized carbons (Fsp3) is 0.111. The summed E-state index contributed by atoms with van der Waals surface area (Å²) < 4.78 is 1.51. The lowest BCUT2D eigenvalue weighted by Gasteiger charge is -2.04. The summed E-state index contributed by atoms with van der Waals surface area (Å²) in [5.74, 6) is 6.66. The minimum atomic E-state index is 0.236. The largest absolute Gasteiger partial charge is 0.292 e. The summed E-state index contributed by atoms with van der Waals surface area (Å²) in [6.07, 6.45) is 3.35. The Balaban J connectivity index is 1.96. The maximum atomic E-state index is 5.36. The molecule has 0 spiro atoms. The van der Waals surface area contributed by atoms with Gasteiger partial charge in [-0.05, 0) is 24.8 Å². The Morgan fingerprint density at radius 1 is 1.25 bits per heavy atom. The molecular formula is C9H10N10S. The molecule has 0 aliphatic heterocycles. The van der Waals surface area contributed by atoms with Gasteiger partial charge in [0, 0.05) is 12.4 Å². The number of nitrogens with two attached hydrogens (primary N) is 1. The Hall–Kier alpha value is -2.53. The maximum Gasteiger partial charge on any atom is 0.256 e. The first-order valence-electron chi connectivity index (χ1n) is 5.54. The van der Waals surface area contributed by atoms with Crippen LogP contribution in [0.5, 0.6) is 0 Å². The van der Waals surface area contributed by atoms with Gasteiger partial charge < -0.3 is 0 Å². The summed E-state index contributed by atoms with van der Waals surface area (Å²) in [4.78, 5) is 16.7. The van der Waals surface area contributed by atoms with Crippen LogP contribution in [-0.2, 0) is 0 Å². The molecule has 0 unspecified atom stereocenters. The third kappa shape index (κ3) is 2.57. The average molecular weight is 290 g/mol. The Kier molecular flexibility index (Phi) is 3.26. The summed E-state index contributed by atoms with van der Waals surface area (Å²) >= 11 is 1.20. The minimum absolute atomic E-state index is 0.236. The van der Waals surface area contributed by atoms with Crippen LogP contribution >= 0.6 is 11.8 Å². The van der Waals surface area contributed by atoms with E-state index in [1.165, 1.54) is 16.4 Å². The van der Waals surface area contributed by atoms with E-state index in [1.54, 1.807) is 18.5 Å². The van der Waals surface area contributed by atoms with Crippen molar-refractivity contribution in [2.24, 2.45) is 5.84 Å². The van der Waals surface area contributed by atoms with Crippen molar-refractivity contribution in [1.29, 1.82) is 0 Å². The highest BCUT2D eigenvalue weighted by Gasteiger charge is 2.11. The normalized spacial score (nSPS) is 10.7. The molecule has 11 heteroatoms. The van der Waals surface area contributed by atoms with Gasteiger partial charge in [-0.2, -0.15) is 20.1 Å². The highest BCUT2D eigenvalue weighted by Crippen LogP contribution is 2.21. The second-order valence-electron chi connectivity index (χ2n) is 3.64. The smallest absolute Gasteiger partial charge is 0.256 e. The molecule has 0 amide bonds. The zero-order valence-corrected chi connectivity index (χ0v) is 11.2. The summed E-state index contributed by atoms with van der Waals surface area (Å²) in [5.41, 5.74) is 2.40. The minimum Gasteiger partial charge on any atom is -0.292 e. The van der Waals surface area contributed by atoms with Crippen LogP contribution in [0.4, 0.5) is 5.95 Å². The molecule has 0 atom stereocenters. The van der Waals surface area contributed by atoms with Crippen molar-refractivity contribution in [3.8, 4) is 5.95 Å². The molecule has 0 aromatic carbocycles. The topological polar surface area (TPSA) is 136 Å². The van der Waals surface area contributed by atoms with Crippen LogP contribution in [0.2, 0.25) is 0 Å². The first-order chi connectivity index (χ1) is 9.74. The Morgan fingerprint density at radius 2 is 2.15 bits per heavy atom. The number of anilines is 1. The van der Waals surface area contributed by atoms with Gasteiger partial charge in [-0.25, -0.2) is 15.5 Å². The van der Waals surface area contributed by atoms with Gasteiger partial charge in [-0.3, -0.25) is 10.5 Å². The summed E-state index contributed by atoms with van der Waals surface area (Å²) in [5, 5.41) is 11.8. The third-order valence-electron chi connectivity index (χ3n) is 2.20. The molecule has 0 saturated heterocycles. The van der Waals surface area contributed by atoms with Crippen LogP contribution in [0.25, 0.3) is 5.95 Å². The van der Waals surface area contributed by atoms with Crippen molar-refractivity contribution in [3.05, 3.63) is 24.3 Å². The predicted octanol–water partition coefficient (Wildman–Crippen LogP) is -0.0794. The summed E-state index contributed by atoms with van der Waals surface area (Å²) in [6.45, 7) is 1.81. The first-order valence-corrected chi connectivity index (χ1v) is 6.36. The van der Waals surface area contributed by atoms with E-state index in [0.717, 1.165) is 0 Å². The van der Waals surface area contributed by atoms with Crippen LogP contribution in [0.3, 0.4) is 0 Å². The van der Waals surface area contributed by atoms with E-state index >= 15 is 0 Å². The lowest BCUT2D eigenvalue weighted by molar-refractivity contribution is 0.759. The molecule has 4 N–H and O–H groups in total. The standard InChI is InChI=1S/C9H10N10S/c1-5-12-9(18-17-5)20-8-14-6(16-10)13-7(15-8)19-4-2-3-11-19/h2-4H,10H2,1H3,(H,12,17,18)(H,13,14,15,16). The van der Waals surface area contributed by atoms with E-state index < -0.39 is 0 Å². The van der Waals surface area contributed by atoms with Gasteiger partial charge >= 0.3 is 0 Å². The quantitative estimate of drug-likeness (QED) is 0.445. The number of rotatable bonds is 4. The summed E-state index contributed by atoms with van der Waals surface area (Å²) in [6, 6.07) is 1.77. The predicted molar refractivity (Wildman–Crippen MR) is 70.0 cm³/mol. The number of nitrogens with one attached hydrogen (secondary N) is 2. The zero-order valence-electron chi connectivity index (χ0n) is 10.3. The Bertz CT molecular complexity index is 705. The molecule has 3 heterocycles. The van der Waals surface area contributed by atoms with Gasteiger partial charge in [0.15, 0.2) is 0 Å². The second kappa shape index (κ2) is 5.22. The lowest BCUT2D eigenvalue weighted by Crippen LogP contribution is -2.14. The number of hydrazine groups is 1. The van der Waals surface area contributed by atoms with E-state index in [9.17, 15) is 0 Å². The monoisotopic (exact) mass is 290 g/mol. The van der Waals surface area contributed by atoms with Gasteiger partial charge in [0.25, 0.3) is 5.95 Å². The second-order valence-corrected chi connectivity index (χ2v) is 4.58. The molecule has 20 heavy (non-hydrogen) atoms. The number of aromatic amines is 1. The van der Waals surface area contributed by atoms with Crippen LogP contribution in [0, 0.1) is 6.92 Å². The molecule has 0 saturated carbocycles. The van der Waals surface area contributed by atoms with Crippen molar-refractivity contribution >= 4 is 17.7 Å². The van der Waals surface area contributed by atoms with Crippen LogP contribution in [-0.4, -0.2) is 39.9 Å². The fourth-order valence-electron chi connectivity index (χ4n) is 1.40. The van der Waals surface area contributed by atoms with Crippen LogP contribution in [0.15, 0.2) is 28.8 Å². The van der Waals surface area contributed by atoms with E-state index in [1.807, 2.05) is 6.92 Å². The zero-order chi connectivity index (χ0) is 13.9. The van der Waals surface area contributed by atoms with Crippen molar-refractivity contribution in [2.75, 3.05) is 5.43 Å². The lowest BCUT2D eigenvalue weighted by atomic mass is 10.7. The number of H-pyrrole nitrogens is 1. The van der Waals surface area contributed by atoms with E-state index in [4.69, 9.17) is 5.84 Å². The SMILES string of the molecule is Cc1nc(Sc2nc(NN)nc(-n3cccn3)n2)n[nH]1. The molecule has 0 radical (unpaired) electrons. The van der Waals surface area contributed by atoms with Gasteiger partial charge in [0.1, 0.15) is 5.82 Å². The number of aromatic nitrogens is 8. The number of nitrogens with zero attached hydrogens (tertiary/aromatic N) is 7. The van der Waals surface area contributed by atoms with E-state index in [0.29, 0.717) is 22.1 Å². The average Bonchev–Trinajstić information content (AvgIpc) is 3.10. The number of hydrogen-bond donors (Lipinski definition) is 3. The van der Waals surface area contributed by atoms with Crippen LogP contribution in [0.1, 0.15) is 5.82 Å². The number of aryl methyl sites for hydroxylation is 1. The molecule has 10 nitrogen and oxygen atoms in total. The fourth-order valence-corrected chi connectivity index (χ4v) is 2.09. The first kappa shape index (κ1) is 12.5. The van der Waals surface area contributed by atoms with Crippen molar-refractivity contribution < 1.29 is 0 Å². The van der Waals surface area contributed by atoms with Crippen molar-refractivity contribution in [2.45, 2.75) is 17.2 Å². The van der Waals surface area contributed by atoms with E-state index in [-0.39, 0.29) is 5.95 Å². The number of hydrogen-bond acceptors (Lipinski definition) is 9. The Labute approximate surface area is 117 Å². The maximum absolute atomic E-state index is 5.36. The molecule has 0 bridgehead atoms. The molecular weight excluding hydrogens is 280 g/mol. The van der Waals surface area contributed by atoms with Gasteiger partial charge in [0.05, 0.1) is 0 Å². The molecule has 0 fully saturated rings. The van der Waals surface area contributed by atoms with Crippen molar-refractivity contribution in [1.82, 2.24) is 39.9 Å². The number of nitrogen functional groups attached to an aromatic ring is 1. The van der Waals surface area contributed by atoms with Gasteiger partial charge in [-0.1, -0.05) is 0 Å². The molecule has 0 aliphatic carbocycles. The van der Waals surface area contributed by atoms with Crippen molar-refractivity contribution in [3.63, 3.8) is 0 Å².